The summed E-state index contributed by atoms with van der Waals surface area (Å²) in [5, 5.41) is 16.5. The van der Waals surface area contributed by atoms with Crippen molar-refractivity contribution >= 4 is 33.4 Å². The molecule has 2 aromatic heterocycles. The van der Waals surface area contributed by atoms with Crippen LogP contribution in [0.15, 0.2) is 53.1 Å². The first-order chi connectivity index (χ1) is 18.3. The van der Waals surface area contributed by atoms with Crippen LogP contribution in [0.2, 0.25) is 5.15 Å². The molecule has 0 bridgehead atoms. The number of hydrogen-bond donors (Lipinski definition) is 1. The second kappa shape index (κ2) is 11.3. The van der Waals surface area contributed by atoms with Gasteiger partial charge in [0.2, 0.25) is 0 Å². The monoisotopic (exact) mass is 599 g/mol. The topological polar surface area (TPSA) is 80.9 Å². The molecular formula is C27H28BrClFN7O. The number of carbonyl (C=O) groups excluding carboxylic acids is 1. The fraction of sp³-hybridized carbons (Fsp3) is 0.333. The zero-order valence-electron chi connectivity index (χ0n) is 21.2. The average molecular weight is 601 g/mol. The highest BCUT2D eigenvalue weighted by atomic mass is 79.9. The van der Waals surface area contributed by atoms with Crippen LogP contribution in [0.25, 0.3) is 5.69 Å². The highest BCUT2D eigenvalue weighted by molar-refractivity contribution is 9.10. The summed E-state index contributed by atoms with van der Waals surface area (Å²) in [6, 6.07) is 13.0. The first-order valence-corrected chi connectivity index (χ1v) is 13.6. The Morgan fingerprint density at radius 1 is 1.13 bits per heavy atom. The third-order valence-electron chi connectivity index (χ3n) is 6.76. The van der Waals surface area contributed by atoms with Crippen LogP contribution in [0, 0.1) is 19.7 Å². The second-order valence-corrected chi connectivity index (χ2v) is 10.9. The van der Waals surface area contributed by atoms with Gasteiger partial charge in [-0.15, -0.1) is 5.10 Å². The zero-order chi connectivity index (χ0) is 26.8. The number of nitrogens with one attached hydrogen (secondary N) is 1. The van der Waals surface area contributed by atoms with Gasteiger partial charge in [0, 0.05) is 25.7 Å². The van der Waals surface area contributed by atoms with Crippen molar-refractivity contribution in [2.24, 2.45) is 0 Å². The van der Waals surface area contributed by atoms with Gasteiger partial charge in [-0.2, -0.15) is 5.10 Å². The minimum absolute atomic E-state index is 0.0573. The zero-order valence-corrected chi connectivity index (χ0v) is 23.5. The van der Waals surface area contributed by atoms with Crippen molar-refractivity contribution in [1.29, 1.82) is 0 Å². The van der Waals surface area contributed by atoms with Crippen molar-refractivity contribution < 1.29 is 9.18 Å². The van der Waals surface area contributed by atoms with Crippen molar-refractivity contribution in [1.82, 2.24) is 35.0 Å². The van der Waals surface area contributed by atoms with Gasteiger partial charge in [0.05, 0.1) is 39.9 Å². The summed E-state index contributed by atoms with van der Waals surface area (Å²) >= 11 is 9.80. The van der Waals surface area contributed by atoms with Crippen LogP contribution in [-0.4, -0.2) is 54.7 Å². The van der Waals surface area contributed by atoms with Gasteiger partial charge >= 0.3 is 0 Å². The lowest BCUT2D eigenvalue weighted by atomic mass is 10.0. The van der Waals surface area contributed by atoms with E-state index in [1.54, 1.807) is 21.5 Å². The van der Waals surface area contributed by atoms with Crippen LogP contribution in [0.4, 0.5) is 4.39 Å². The Morgan fingerprint density at radius 2 is 1.87 bits per heavy atom. The molecular weight excluding hydrogens is 573 g/mol. The highest BCUT2D eigenvalue weighted by Gasteiger charge is 2.26. The van der Waals surface area contributed by atoms with Gasteiger partial charge in [-0.3, -0.25) is 9.69 Å². The van der Waals surface area contributed by atoms with Gasteiger partial charge in [0.25, 0.3) is 5.91 Å². The maximum Gasteiger partial charge on any atom is 0.256 e. The van der Waals surface area contributed by atoms with Crippen molar-refractivity contribution in [3.8, 4) is 5.69 Å². The SMILES string of the molecule is Cc1ccc(Cn2nc(C)c(C(=O)NC3CCN(Cc4cn(-c5ccc(F)c(Br)c5)nn4)CC3)c2Cl)cc1. The number of piperidine rings is 1. The molecule has 0 spiro atoms. The maximum atomic E-state index is 13.5. The Hall–Kier alpha value is -3.08. The van der Waals surface area contributed by atoms with Crippen LogP contribution in [0.1, 0.15) is 45.7 Å². The Morgan fingerprint density at radius 3 is 2.58 bits per heavy atom. The summed E-state index contributed by atoms with van der Waals surface area (Å²) in [6.45, 7) is 6.65. The first-order valence-electron chi connectivity index (χ1n) is 12.4. The van der Waals surface area contributed by atoms with Gasteiger partial charge in [0.15, 0.2) is 0 Å². The number of aromatic nitrogens is 5. The molecule has 0 unspecified atom stereocenters. The molecule has 0 saturated carbocycles. The summed E-state index contributed by atoms with van der Waals surface area (Å²) in [5.74, 6) is -0.507. The van der Waals surface area contributed by atoms with Gasteiger partial charge < -0.3 is 5.32 Å². The van der Waals surface area contributed by atoms with Crippen molar-refractivity contribution in [3.63, 3.8) is 0 Å². The Bertz CT molecular complexity index is 1440. The smallest absolute Gasteiger partial charge is 0.256 e. The molecule has 1 amide bonds. The predicted octanol–water partition coefficient (Wildman–Crippen LogP) is 5.08. The highest BCUT2D eigenvalue weighted by Crippen LogP contribution is 2.23. The summed E-state index contributed by atoms with van der Waals surface area (Å²) in [5.41, 5.74) is 4.88. The summed E-state index contributed by atoms with van der Waals surface area (Å²) in [7, 11) is 0. The molecule has 8 nitrogen and oxygen atoms in total. The Balaban J connectivity index is 1.15. The number of aryl methyl sites for hydroxylation is 2. The van der Waals surface area contributed by atoms with Crippen molar-refractivity contribution in [2.45, 2.75) is 45.8 Å². The molecule has 1 aliphatic heterocycles. The summed E-state index contributed by atoms with van der Waals surface area (Å²) in [4.78, 5) is 15.4. The van der Waals surface area contributed by atoms with E-state index >= 15 is 0 Å². The minimum Gasteiger partial charge on any atom is -0.349 e. The molecule has 3 heterocycles. The van der Waals surface area contributed by atoms with Crippen LogP contribution >= 0.6 is 27.5 Å². The fourth-order valence-corrected chi connectivity index (χ4v) is 5.32. The fourth-order valence-electron chi connectivity index (χ4n) is 4.63. The molecule has 1 N–H and O–H groups in total. The summed E-state index contributed by atoms with van der Waals surface area (Å²) in [6.07, 6.45) is 3.49. The Labute approximate surface area is 233 Å². The van der Waals surface area contributed by atoms with Crippen molar-refractivity contribution in [3.05, 3.63) is 92.2 Å². The molecule has 0 aliphatic carbocycles. The number of hydrogen-bond acceptors (Lipinski definition) is 5. The molecule has 1 saturated heterocycles. The van der Waals surface area contributed by atoms with Gasteiger partial charge in [-0.25, -0.2) is 13.8 Å². The maximum absolute atomic E-state index is 13.5. The molecule has 2 aromatic carbocycles. The third kappa shape index (κ3) is 5.98. The number of amides is 1. The Kier molecular flexibility index (Phi) is 7.92. The van der Waals surface area contributed by atoms with Crippen molar-refractivity contribution in [2.75, 3.05) is 13.1 Å². The van der Waals surface area contributed by atoms with Gasteiger partial charge in [-0.1, -0.05) is 46.6 Å². The van der Waals surface area contributed by atoms with E-state index < -0.39 is 0 Å². The molecule has 11 heteroatoms. The van der Waals surface area contributed by atoms with E-state index in [1.165, 1.54) is 11.6 Å². The molecule has 1 fully saturated rings. The number of halogens is 3. The molecule has 0 radical (unpaired) electrons. The summed E-state index contributed by atoms with van der Waals surface area (Å²) < 4.78 is 17.2. The van der Waals surface area contributed by atoms with E-state index in [1.807, 2.05) is 44.3 Å². The number of carbonyl (C=O) groups is 1. The van der Waals surface area contributed by atoms with Gasteiger partial charge in [0.1, 0.15) is 11.0 Å². The normalized spacial score (nSPS) is 14.7. The predicted molar refractivity (Wildman–Crippen MR) is 147 cm³/mol. The van der Waals surface area contributed by atoms with E-state index in [4.69, 9.17) is 11.6 Å². The molecule has 1 aliphatic rings. The van der Waals surface area contributed by atoms with Crippen LogP contribution in [-0.2, 0) is 13.1 Å². The average Bonchev–Trinajstić information content (AvgIpc) is 3.47. The lowest BCUT2D eigenvalue weighted by Gasteiger charge is -2.31. The van der Waals surface area contributed by atoms with Crippen LogP contribution in [0.5, 0.6) is 0 Å². The third-order valence-corrected chi connectivity index (χ3v) is 7.75. The second-order valence-electron chi connectivity index (χ2n) is 9.67. The number of benzene rings is 2. The molecule has 0 atom stereocenters. The molecule has 4 aromatic rings. The number of nitrogens with zero attached hydrogens (tertiary/aromatic N) is 6. The minimum atomic E-state index is -0.322. The lowest BCUT2D eigenvalue weighted by molar-refractivity contribution is 0.0908. The van der Waals surface area contributed by atoms with E-state index in [0.717, 1.165) is 42.9 Å². The quantitative estimate of drug-likeness (QED) is 0.320. The standard InChI is InChI=1S/C27H28BrClFN7O/c1-17-3-5-19(6-4-17)14-37-26(29)25(18(2)33-37)27(38)31-20-9-11-35(12-10-20)15-21-16-36(34-32-21)22-7-8-24(30)23(28)13-22/h3-8,13,16,20H,9-12,14-15H2,1-2H3,(H,31,38). The molecule has 38 heavy (non-hydrogen) atoms. The number of rotatable bonds is 7. The lowest BCUT2D eigenvalue weighted by Crippen LogP contribution is -2.44. The van der Waals surface area contributed by atoms with Crippen LogP contribution < -0.4 is 5.32 Å². The van der Waals surface area contributed by atoms with Crippen LogP contribution in [0.3, 0.4) is 0 Å². The van der Waals surface area contributed by atoms with E-state index in [-0.39, 0.29) is 17.8 Å². The van der Waals surface area contributed by atoms with E-state index in [2.05, 4.69) is 41.6 Å². The molecule has 5 rings (SSSR count). The van der Waals surface area contributed by atoms with Gasteiger partial charge in [-0.05, 0) is 66.4 Å². The largest absolute Gasteiger partial charge is 0.349 e. The number of likely N-dealkylation sites (tertiary alicyclic amines) is 1. The van der Waals surface area contributed by atoms with E-state index in [0.29, 0.717) is 34.0 Å². The molecule has 198 valence electrons. The van der Waals surface area contributed by atoms with E-state index in [9.17, 15) is 9.18 Å². The first kappa shape index (κ1) is 26.5.